The molecule has 140 valence electrons. The summed E-state index contributed by atoms with van der Waals surface area (Å²) in [6, 6.07) is 10.3. The molecular formula is C19H24N2O4S. The molecule has 0 unspecified atom stereocenters. The van der Waals surface area contributed by atoms with Crippen LogP contribution >= 0.6 is 0 Å². The fraction of sp³-hybridized carbons (Fsp3) is 0.316. The summed E-state index contributed by atoms with van der Waals surface area (Å²) < 4.78 is 35.7. The second kappa shape index (κ2) is 8.71. The van der Waals surface area contributed by atoms with Gasteiger partial charge in [-0.3, -0.25) is 0 Å². The highest BCUT2D eigenvalue weighted by atomic mass is 32.2. The van der Waals surface area contributed by atoms with Gasteiger partial charge in [0.15, 0.2) is 11.5 Å². The van der Waals surface area contributed by atoms with Crippen LogP contribution < -0.4 is 14.3 Å². The van der Waals surface area contributed by atoms with E-state index in [4.69, 9.17) is 9.47 Å². The first-order valence-electron chi connectivity index (χ1n) is 8.39. The standard InChI is InChI=1S/C19H24N2O4S/c1-5-24-18-10-8-16(12-19(18)25-6-2)13-20-21-26(22,23)17-9-7-14(3)15(4)11-17/h7-13,21H,5-6H2,1-4H3/b20-13+. The van der Waals surface area contributed by atoms with Crippen molar-refractivity contribution in [1.29, 1.82) is 0 Å². The Morgan fingerprint density at radius 1 is 0.962 bits per heavy atom. The van der Waals surface area contributed by atoms with Crippen LogP contribution in [-0.2, 0) is 10.0 Å². The Labute approximate surface area is 154 Å². The summed E-state index contributed by atoms with van der Waals surface area (Å²) in [5, 5.41) is 3.86. The summed E-state index contributed by atoms with van der Waals surface area (Å²) in [6.07, 6.45) is 1.43. The van der Waals surface area contributed by atoms with E-state index in [1.807, 2.05) is 27.7 Å². The number of nitrogens with one attached hydrogen (secondary N) is 1. The summed E-state index contributed by atoms with van der Waals surface area (Å²) in [4.78, 5) is 2.41. The van der Waals surface area contributed by atoms with Crippen LogP contribution in [0.15, 0.2) is 46.4 Å². The number of benzene rings is 2. The highest BCUT2D eigenvalue weighted by Crippen LogP contribution is 2.28. The highest BCUT2D eigenvalue weighted by molar-refractivity contribution is 7.89. The third-order valence-electron chi connectivity index (χ3n) is 3.74. The Bertz CT molecular complexity index is 892. The van der Waals surface area contributed by atoms with Crippen molar-refractivity contribution in [3.63, 3.8) is 0 Å². The second-order valence-corrected chi connectivity index (χ2v) is 7.33. The first kappa shape index (κ1) is 19.8. The minimum atomic E-state index is -3.71. The lowest BCUT2D eigenvalue weighted by atomic mass is 10.1. The van der Waals surface area contributed by atoms with Crippen molar-refractivity contribution in [3.8, 4) is 11.5 Å². The van der Waals surface area contributed by atoms with Gasteiger partial charge in [-0.15, -0.1) is 0 Å². The van der Waals surface area contributed by atoms with E-state index in [0.717, 1.165) is 11.1 Å². The van der Waals surface area contributed by atoms with Crippen molar-refractivity contribution in [1.82, 2.24) is 4.83 Å². The molecule has 0 radical (unpaired) electrons. The van der Waals surface area contributed by atoms with Crippen molar-refractivity contribution >= 4 is 16.2 Å². The van der Waals surface area contributed by atoms with Crippen LogP contribution in [0.1, 0.15) is 30.5 Å². The van der Waals surface area contributed by atoms with Crippen molar-refractivity contribution in [2.24, 2.45) is 5.10 Å². The molecule has 0 heterocycles. The van der Waals surface area contributed by atoms with E-state index in [-0.39, 0.29) is 4.90 Å². The Hall–Kier alpha value is -2.54. The van der Waals surface area contributed by atoms with Gasteiger partial charge in [0, 0.05) is 0 Å². The number of nitrogens with zero attached hydrogens (tertiary/aromatic N) is 1. The monoisotopic (exact) mass is 376 g/mol. The summed E-state index contributed by atoms with van der Waals surface area (Å²) >= 11 is 0. The molecule has 0 aliphatic rings. The minimum Gasteiger partial charge on any atom is -0.490 e. The molecule has 0 amide bonds. The topological polar surface area (TPSA) is 77.0 Å². The van der Waals surface area contributed by atoms with E-state index in [1.54, 1.807) is 36.4 Å². The maximum atomic E-state index is 12.3. The average Bonchev–Trinajstić information content (AvgIpc) is 2.59. The van der Waals surface area contributed by atoms with Gasteiger partial charge in [0.25, 0.3) is 10.0 Å². The Morgan fingerprint density at radius 2 is 1.65 bits per heavy atom. The number of rotatable bonds is 8. The highest BCUT2D eigenvalue weighted by Gasteiger charge is 2.13. The SMILES string of the molecule is CCOc1ccc(/C=N/NS(=O)(=O)c2ccc(C)c(C)c2)cc1OCC. The maximum Gasteiger partial charge on any atom is 0.276 e. The molecular weight excluding hydrogens is 352 g/mol. The van der Waals surface area contributed by atoms with E-state index in [1.165, 1.54) is 6.21 Å². The van der Waals surface area contributed by atoms with Crippen molar-refractivity contribution in [3.05, 3.63) is 53.1 Å². The molecule has 0 bridgehead atoms. The van der Waals surface area contributed by atoms with Gasteiger partial charge in [-0.2, -0.15) is 13.5 Å². The predicted molar refractivity (Wildman–Crippen MR) is 103 cm³/mol. The molecule has 26 heavy (non-hydrogen) atoms. The smallest absolute Gasteiger partial charge is 0.276 e. The van der Waals surface area contributed by atoms with Gasteiger partial charge < -0.3 is 9.47 Å². The van der Waals surface area contributed by atoms with E-state index in [0.29, 0.717) is 30.3 Å². The average molecular weight is 376 g/mol. The maximum absolute atomic E-state index is 12.3. The van der Waals surface area contributed by atoms with Crippen LogP contribution in [0.5, 0.6) is 11.5 Å². The quantitative estimate of drug-likeness (QED) is 0.566. The van der Waals surface area contributed by atoms with Gasteiger partial charge in [0.2, 0.25) is 0 Å². The van der Waals surface area contributed by atoms with Crippen LogP contribution in [-0.4, -0.2) is 27.8 Å². The zero-order valence-corrected chi connectivity index (χ0v) is 16.3. The van der Waals surface area contributed by atoms with Crippen molar-refractivity contribution in [2.75, 3.05) is 13.2 Å². The molecule has 0 saturated heterocycles. The Balaban J connectivity index is 2.16. The third kappa shape index (κ3) is 4.98. The fourth-order valence-electron chi connectivity index (χ4n) is 2.25. The first-order valence-corrected chi connectivity index (χ1v) is 9.87. The molecule has 6 nitrogen and oxygen atoms in total. The van der Waals surface area contributed by atoms with Crippen LogP contribution in [0.3, 0.4) is 0 Å². The number of hydrogen-bond donors (Lipinski definition) is 1. The zero-order chi connectivity index (χ0) is 19.2. The number of aryl methyl sites for hydroxylation is 2. The zero-order valence-electron chi connectivity index (χ0n) is 15.4. The summed E-state index contributed by atoms with van der Waals surface area (Å²) in [5.41, 5.74) is 2.63. The van der Waals surface area contributed by atoms with Crippen LogP contribution in [0, 0.1) is 13.8 Å². The summed E-state index contributed by atoms with van der Waals surface area (Å²) in [6.45, 7) is 8.61. The van der Waals surface area contributed by atoms with Crippen LogP contribution in [0.4, 0.5) is 0 Å². The molecule has 0 spiro atoms. The lowest BCUT2D eigenvalue weighted by molar-refractivity contribution is 0.288. The van der Waals surface area contributed by atoms with Gasteiger partial charge in [-0.25, -0.2) is 4.83 Å². The lowest BCUT2D eigenvalue weighted by Crippen LogP contribution is -2.18. The molecule has 1 N–H and O–H groups in total. The number of hydrogen-bond acceptors (Lipinski definition) is 5. The van der Waals surface area contributed by atoms with Gasteiger partial charge in [-0.05, 0) is 74.7 Å². The van der Waals surface area contributed by atoms with E-state index in [9.17, 15) is 8.42 Å². The largest absolute Gasteiger partial charge is 0.490 e. The predicted octanol–water partition coefficient (Wildman–Crippen LogP) is 3.41. The van der Waals surface area contributed by atoms with Crippen molar-refractivity contribution in [2.45, 2.75) is 32.6 Å². The molecule has 0 aliphatic heterocycles. The van der Waals surface area contributed by atoms with E-state index in [2.05, 4.69) is 9.93 Å². The molecule has 2 aromatic carbocycles. The lowest BCUT2D eigenvalue weighted by Gasteiger charge is -2.11. The molecule has 2 aromatic rings. The molecule has 7 heteroatoms. The molecule has 2 rings (SSSR count). The minimum absolute atomic E-state index is 0.180. The Morgan fingerprint density at radius 3 is 2.31 bits per heavy atom. The number of hydrazone groups is 1. The van der Waals surface area contributed by atoms with Gasteiger partial charge in [-0.1, -0.05) is 6.07 Å². The van der Waals surface area contributed by atoms with E-state index < -0.39 is 10.0 Å². The van der Waals surface area contributed by atoms with Crippen molar-refractivity contribution < 1.29 is 17.9 Å². The van der Waals surface area contributed by atoms with Gasteiger partial charge in [0.05, 0.1) is 24.3 Å². The summed E-state index contributed by atoms with van der Waals surface area (Å²) in [7, 11) is -3.71. The van der Waals surface area contributed by atoms with Gasteiger partial charge >= 0.3 is 0 Å². The Kier molecular flexibility index (Phi) is 6.63. The molecule has 0 aromatic heterocycles. The van der Waals surface area contributed by atoms with Crippen LogP contribution in [0.25, 0.3) is 0 Å². The molecule has 0 saturated carbocycles. The first-order chi connectivity index (χ1) is 12.4. The summed E-state index contributed by atoms with van der Waals surface area (Å²) in [5.74, 6) is 1.23. The fourth-order valence-corrected chi connectivity index (χ4v) is 3.13. The number of ether oxygens (including phenoxy) is 2. The molecule has 0 fully saturated rings. The van der Waals surface area contributed by atoms with Gasteiger partial charge in [0.1, 0.15) is 0 Å². The number of sulfonamides is 1. The third-order valence-corrected chi connectivity index (χ3v) is 4.96. The van der Waals surface area contributed by atoms with Crippen LogP contribution in [0.2, 0.25) is 0 Å². The molecule has 0 aliphatic carbocycles. The second-order valence-electron chi connectivity index (χ2n) is 5.67. The van der Waals surface area contributed by atoms with E-state index >= 15 is 0 Å². The normalized spacial score (nSPS) is 11.5. The molecule has 0 atom stereocenters.